The summed E-state index contributed by atoms with van der Waals surface area (Å²) >= 11 is 0. The van der Waals surface area contributed by atoms with Crippen LogP contribution in [0.4, 0.5) is 0 Å². The summed E-state index contributed by atoms with van der Waals surface area (Å²) in [5.74, 6) is 3.43. The molecule has 2 rings (SSSR count). The second-order valence-electron chi connectivity index (χ2n) is 6.18. The van der Waals surface area contributed by atoms with Crippen LogP contribution < -0.4 is 4.74 Å². The van der Waals surface area contributed by atoms with Gasteiger partial charge in [-0.3, -0.25) is 4.90 Å². The molecule has 0 unspecified atom stereocenters. The predicted molar refractivity (Wildman–Crippen MR) is 93.4 cm³/mol. The van der Waals surface area contributed by atoms with Crippen molar-refractivity contribution in [3.05, 3.63) is 29.8 Å². The van der Waals surface area contributed by atoms with Crippen LogP contribution in [-0.4, -0.2) is 60.8 Å². The number of benzene rings is 1. The van der Waals surface area contributed by atoms with E-state index >= 15 is 0 Å². The van der Waals surface area contributed by atoms with E-state index in [4.69, 9.17) is 11.2 Å². The number of aliphatic hydroxyl groups excluding tert-OH is 1. The lowest BCUT2D eigenvalue weighted by Crippen LogP contribution is -2.44. The van der Waals surface area contributed by atoms with Crippen LogP contribution in [0.2, 0.25) is 0 Å². The van der Waals surface area contributed by atoms with Gasteiger partial charge in [-0.2, -0.15) is 0 Å². The van der Waals surface area contributed by atoms with Crippen molar-refractivity contribution in [2.24, 2.45) is 0 Å². The second kappa shape index (κ2) is 9.57. The average molecular weight is 316 g/mol. The number of hydrogen-bond donors (Lipinski definition) is 1. The number of rotatable bonds is 8. The van der Waals surface area contributed by atoms with Crippen LogP contribution in [0, 0.1) is 12.3 Å². The normalized spacial score (nSPS) is 16.4. The first-order valence-electron chi connectivity index (χ1n) is 8.41. The molecule has 1 aliphatic rings. The lowest BCUT2D eigenvalue weighted by atomic mass is 10.0. The molecule has 0 radical (unpaired) electrons. The summed E-state index contributed by atoms with van der Waals surface area (Å²) in [6, 6.07) is 8.76. The molecule has 126 valence electrons. The van der Waals surface area contributed by atoms with Gasteiger partial charge in [-0.05, 0) is 50.7 Å². The molecule has 0 amide bonds. The first-order valence-corrected chi connectivity index (χ1v) is 8.41. The smallest absolute Gasteiger partial charge is 0.119 e. The Labute approximate surface area is 140 Å². The van der Waals surface area contributed by atoms with E-state index in [0.717, 1.165) is 31.9 Å². The molecule has 1 aromatic rings. The van der Waals surface area contributed by atoms with E-state index in [1.165, 1.54) is 18.4 Å². The van der Waals surface area contributed by atoms with Crippen LogP contribution >= 0.6 is 0 Å². The van der Waals surface area contributed by atoms with Gasteiger partial charge in [0.25, 0.3) is 0 Å². The van der Waals surface area contributed by atoms with Crippen molar-refractivity contribution >= 4 is 0 Å². The van der Waals surface area contributed by atoms with Crippen LogP contribution in [0.15, 0.2) is 24.3 Å². The van der Waals surface area contributed by atoms with Crippen molar-refractivity contribution in [2.75, 3.05) is 39.9 Å². The van der Waals surface area contributed by atoms with E-state index in [2.05, 4.69) is 34.9 Å². The van der Waals surface area contributed by atoms with E-state index in [9.17, 15) is 5.11 Å². The van der Waals surface area contributed by atoms with E-state index in [1.807, 2.05) is 12.1 Å². The molecular weight excluding hydrogens is 288 g/mol. The summed E-state index contributed by atoms with van der Waals surface area (Å²) in [7, 11) is 2.17. The van der Waals surface area contributed by atoms with Gasteiger partial charge < -0.3 is 14.7 Å². The van der Waals surface area contributed by atoms with Gasteiger partial charge >= 0.3 is 0 Å². The van der Waals surface area contributed by atoms with Gasteiger partial charge in [-0.1, -0.05) is 12.1 Å². The van der Waals surface area contributed by atoms with Crippen LogP contribution in [0.1, 0.15) is 24.8 Å². The van der Waals surface area contributed by atoms with E-state index in [-0.39, 0.29) is 6.61 Å². The van der Waals surface area contributed by atoms with E-state index in [0.29, 0.717) is 19.1 Å². The fourth-order valence-corrected chi connectivity index (χ4v) is 3.03. The molecule has 0 spiro atoms. The summed E-state index contributed by atoms with van der Waals surface area (Å²) in [5.41, 5.74) is 1.25. The Morgan fingerprint density at radius 2 is 2.00 bits per heavy atom. The van der Waals surface area contributed by atoms with Gasteiger partial charge in [0.1, 0.15) is 5.75 Å². The highest BCUT2D eigenvalue weighted by Gasteiger charge is 2.22. The molecule has 1 fully saturated rings. The number of ether oxygens (including phenoxy) is 1. The Hall–Kier alpha value is -1.54. The lowest BCUT2D eigenvalue weighted by molar-refractivity contribution is 0.0941. The van der Waals surface area contributed by atoms with Crippen LogP contribution in [0.3, 0.4) is 0 Å². The molecule has 0 aromatic heterocycles. The topological polar surface area (TPSA) is 35.9 Å². The van der Waals surface area contributed by atoms with Crippen LogP contribution in [-0.2, 0) is 6.54 Å². The fourth-order valence-electron chi connectivity index (χ4n) is 3.03. The SMILES string of the molecule is C#CCCOc1ccc(CN(CCO)C2CCN(C)CC2)cc1. The summed E-state index contributed by atoms with van der Waals surface area (Å²) in [5, 5.41) is 9.37. The van der Waals surface area contributed by atoms with Crippen molar-refractivity contribution < 1.29 is 9.84 Å². The zero-order chi connectivity index (χ0) is 16.5. The number of aliphatic hydroxyl groups is 1. The maximum absolute atomic E-state index is 9.37. The zero-order valence-electron chi connectivity index (χ0n) is 14.1. The average Bonchev–Trinajstić information content (AvgIpc) is 2.57. The number of terminal acetylenes is 1. The summed E-state index contributed by atoms with van der Waals surface area (Å²) < 4.78 is 5.58. The summed E-state index contributed by atoms with van der Waals surface area (Å²) in [4.78, 5) is 4.77. The Kier molecular flexibility index (Phi) is 7.41. The van der Waals surface area contributed by atoms with Crippen molar-refractivity contribution in [1.29, 1.82) is 0 Å². The highest BCUT2D eigenvalue weighted by atomic mass is 16.5. The van der Waals surface area contributed by atoms with Gasteiger partial charge in [-0.15, -0.1) is 12.3 Å². The van der Waals surface area contributed by atoms with Crippen LogP contribution in [0.25, 0.3) is 0 Å². The third-order valence-electron chi connectivity index (χ3n) is 4.42. The predicted octanol–water partition coefficient (Wildman–Crippen LogP) is 1.98. The molecule has 0 aliphatic carbocycles. The molecular formula is C19H28N2O2. The molecule has 1 heterocycles. The maximum atomic E-state index is 9.37. The molecule has 1 aromatic carbocycles. The number of likely N-dealkylation sites (tertiary alicyclic amines) is 1. The van der Waals surface area contributed by atoms with Gasteiger partial charge in [-0.25, -0.2) is 0 Å². The molecule has 0 atom stereocenters. The third-order valence-corrected chi connectivity index (χ3v) is 4.42. The van der Waals surface area contributed by atoms with Crippen molar-refractivity contribution in [2.45, 2.75) is 31.8 Å². The number of nitrogens with zero attached hydrogens (tertiary/aromatic N) is 2. The standard InChI is InChI=1S/C19H28N2O2/c1-3-4-15-23-19-7-5-17(6-8-19)16-21(13-14-22)18-9-11-20(2)12-10-18/h1,5-8,18,22H,4,9-16H2,2H3. The van der Waals surface area contributed by atoms with Gasteiger partial charge in [0.2, 0.25) is 0 Å². The molecule has 1 aliphatic heterocycles. The molecule has 23 heavy (non-hydrogen) atoms. The first-order chi connectivity index (χ1) is 11.2. The van der Waals surface area contributed by atoms with Crippen molar-refractivity contribution in [1.82, 2.24) is 9.80 Å². The Balaban J connectivity index is 1.90. The summed E-state index contributed by atoms with van der Waals surface area (Å²) in [6.45, 7) is 4.64. The molecule has 4 nitrogen and oxygen atoms in total. The largest absolute Gasteiger partial charge is 0.493 e. The third kappa shape index (κ3) is 5.87. The minimum absolute atomic E-state index is 0.208. The Morgan fingerprint density at radius 3 is 2.61 bits per heavy atom. The quantitative estimate of drug-likeness (QED) is 0.588. The second-order valence-corrected chi connectivity index (χ2v) is 6.18. The molecule has 4 heteroatoms. The molecule has 1 saturated heterocycles. The Bertz CT molecular complexity index is 487. The van der Waals surface area contributed by atoms with E-state index in [1.54, 1.807) is 0 Å². The summed E-state index contributed by atoms with van der Waals surface area (Å²) in [6.07, 6.45) is 8.19. The first kappa shape index (κ1) is 17.8. The fraction of sp³-hybridized carbons (Fsp3) is 0.579. The minimum Gasteiger partial charge on any atom is -0.493 e. The highest BCUT2D eigenvalue weighted by Crippen LogP contribution is 2.19. The molecule has 1 N–H and O–H groups in total. The lowest BCUT2D eigenvalue weighted by Gasteiger charge is -2.37. The zero-order valence-corrected chi connectivity index (χ0v) is 14.1. The van der Waals surface area contributed by atoms with E-state index < -0.39 is 0 Å². The highest BCUT2D eigenvalue weighted by molar-refractivity contribution is 5.27. The van der Waals surface area contributed by atoms with Gasteiger partial charge in [0, 0.05) is 25.6 Å². The van der Waals surface area contributed by atoms with Crippen molar-refractivity contribution in [3.63, 3.8) is 0 Å². The number of piperidine rings is 1. The maximum Gasteiger partial charge on any atom is 0.119 e. The van der Waals surface area contributed by atoms with Crippen molar-refractivity contribution in [3.8, 4) is 18.1 Å². The van der Waals surface area contributed by atoms with Gasteiger partial charge in [0.15, 0.2) is 0 Å². The monoisotopic (exact) mass is 316 g/mol. The minimum atomic E-state index is 0.208. The molecule has 0 bridgehead atoms. The van der Waals surface area contributed by atoms with Crippen LogP contribution in [0.5, 0.6) is 5.75 Å². The van der Waals surface area contributed by atoms with Gasteiger partial charge in [0.05, 0.1) is 13.2 Å². The molecule has 0 saturated carbocycles. The Morgan fingerprint density at radius 1 is 1.30 bits per heavy atom. The number of hydrogen-bond acceptors (Lipinski definition) is 4.